The highest BCUT2D eigenvalue weighted by molar-refractivity contribution is 6.30. The van der Waals surface area contributed by atoms with Crippen LogP contribution in [0.3, 0.4) is 0 Å². The number of pyridine rings is 1. The largest absolute Gasteiger partial charge is 0.436 e. The number of tetrazole rings is 1. The summed E-state index contributed by atoms with van der Waals surface area (Å²) in [5.74, 6) is 0.131. The molecule has 2 heterocycles. The SMILES string of the molecule is CC[C@H](N)Cn1nnc(-c2ccc(Oc3ncc(Cl)cc3F)cc2)n1. The number of halogens is 2. The van der Waals surface area contributed by atoms with Crippen LogP contribution in [0.4, 0.5) is 4.39 Å². The highest BCUT2D eigenvalue weighted by Crippen LogP contribution is 2.25. The molecule has 0 saturated heterocycles. The third kappa shape index (κ3) is 4.28. The maximum absolute atomic E-state index is 13.7. The van der Waals surface area contributed by atoms with Crippen LogP contribution in [0.25, 0.3) is 11.4 Å². The summed E-state index contributed by atoms with van der Waals surface area (Å²) >= 11 is 5.66. The Labute approximate surface area is 148 Å². The molecule has 1 atom stereocenters. The Morgan fingerprint density at radius 3 is 2.76 bits per heavy atom. The van der Waals surface area contributed by atoms with Crippen molar-refractivity contribution in [1.82, 2.24) is 25.2 Å². The Hall–Kier alpha value is -2.58. The first kappa shape index (κ1) is 17.2. The van der Waals surface area contributed by atoms with Gasteiger partial charge in [-0.2, -0.15) is 4.80 Å². The molecule has 2 aromatic heterocycles. The van der Waals surface area contributed by atoms with Gasteiger partial charge < -0.3 is 10.5 Å². The van der Waals surface area contributed by atoms with Crippen molar-refractivity contribution < 1.29 is 9.13 Å². The normalized spacial score (nSPS) is 12.2. The van der Waals surface area contributed by atoms with Crippen LogP contribution in [0.1, 0.15) is 13.3 Å². The molecule has 130 valence electrons. The van der Waals surface area contributed by atoms with Gasteiger partial charge in [-0.15, -0.1) is 10.2 Å². The molecule has 0 amide bonds. The van der Waals surface area contributed by atoms with Gasteiger partial charge >= 0.3 is 0 Å². The highest BCUT2D eigenvalue weighted by Gasteiger charge is 2.10. The number of aromatic nitrogens is 5. The van der Waals surface area contributed by atoms with E-state index >= 15 is 0 Å². The van der Waals surface area contributed by atoms with E-state index in [1.54, 1.807) is 24.3 Å². The molecule has 0 saturated carbocycles. The molecule has 9 heteroatoms. The molecule has 0 spiro atoms. The Balaban J connectivity index is 1.72. The van der Waals surface area contributed by atoms with Gasteiger partial charge in [-0.25, -0.2) is 9.37 Å². The van der Waals surface area contributed by atoms with E-state index in [-0.39, 0.29) is 16.9 Å². The number of nitrogens with zero attached hydrogens (tertiary/aromatic N) is 5. The third-order valence-corrected chi connectivity index (χ3v) is 3.68. The Morgan fingerprint density at radius 1 is 1.32 bits per heavy atom. The van der Waals surface area contributed by atoms with Crippen LogP contribution in [0.5, 0.6) is 11.6 Å². The van der Waals surface area contributed by atoms with Crippen molar-refractivity contribution in [3.05, 3.63) is 47.4 Å². The summed E-state index contributed by atoms with van der Waals surface area (Å²) in [5, 5.41) is 12.5. The fourth-order valence-corrected chi connectivity index (χ4v) is 2.18. The molecule has 3 rings (SSSR count). The maximum atomic E-state index is 13.7. The minimum atomic E-state index is -0.631. The van der Waals surface area contributed by atoms with Gasteiger partial charge in [0.2, 0.25) is 5.82 Å². The fourth-order valence-electron chi connectivity index (χ4n) is 2.04. The first-order valence-corrected chi connectivity index (χ1v) is 8.05. The lowest BCUT2D eigenvalue weighted by Gasteiger charge is -2.06. The monoisotopic (exact) mass is 362 g/mol. The summed E-state index contributed by atoms with van der Waals surface area (Å²) in [6, 6.07) is 7.97. The first-order valence-electron chi connectivity index (χ1n) is 7.68. The molecule has 1 aromatic carbocycles. The molecule has 0 radical (unpaired) electrons. The average Bonchev–Trinajstić information content (AvgIpc) is 3.06. The quantitative estimate of drug-likeness (QED) is 0.724. The van der Waals surface area contributed by atoms with Crippen molar-refractivity contribution in [2.45, 2.75) is 25.9 Å². The van der Waals surface area contributed by atoms with Crippen molar-refractivity contribution in [1.29, 1.82) is 0 Å². The summed E-state index contributed by atoms with van der Waals surface area (Å²) < 4.78 is 19.1. The highest BCUT2D eigenvalue weighted by atomic mass is 35.5. The van der Waals surface area contributed by atoms with Gasteiger partial charge in [0.05, 0.1) is 11.6 Å². The predicted molar refractivity (Wildman–Crippen MR) is 90.8 cm³/mol. The van der Waals surface area contributed by atoms with Crippen LogP contribution in [-0.2, 0) is 6.54 Å². The lowest BCUT2D eigenvalue weighted by Crippen LogP contribution is -2.26. The van der Waals surface area contributed by atoms with Crippen molar-refractivity contribution in [3.8, 4) is 23.0 Å². The number of hydrogen-bond acceptors (Lipinski definition) is 6. The lowest BCUT2D eigenvalue weighted by molar-refractivity contribution is 0.423. The van der Waals surface area contributed by atoms with Gasteiger partial charge in [-0.3, -0.25) is 0 Å². The van der Waals surface area contributed by atoms with E-state index in [0.717, 1.165) is 18.1 Å². The number of nitrogens with two attached hydrogens (primary N) is 1. The van der Waals surface area contributed by atoms with E-state index in [1.165, 1.54) is 11.0 Å². The second-order valence-electron chi connectivity index (χ2n) is 5.40. The Kier molecular flexibility index (Phi) is 5.20. The van der Waals surface area contributed by atoms with Crippen LogP contribution in [-0.4, -0.2) is 31.2 Å². The van der Waals surface area contributed by atoms with Gasteiger partial charge in [-0.05, 0) is 42.0 Å². The molecule has 25 heavy (non-hydrogen) atoms. The number of hydrogen-bond donors (Lipinski definition) is 1. The van der Waals surface area contributed by atoms with Gasteiger partial charge in [0.1, 0.15) is 5.75 Å². The zero-order valence-electron chi connectivity index (χ0n) is 13.4. The molecule has 7 nitrogen and oxygen atoms in total. The molecular weight excluding hydrogens is 347 g/mol. The molecule has 3 aromatic rings. The third-order valence-electron chi connectivity index (χ3n) is 3.48. The second-order valence-corrected chi connectivity index (χ2v) is 5.84. The van der Waals surface area contributed by atoms with E-state index in [9.17, 15) is 4.39 Å². The summed E-state index contributed by atoms with van der Waals surface area (Å²) in [6.07, 6.45) is 2.15. The van der Waals surface area contributed by atoms with Crippen molar-refractivity contribution in [3.63, 3.8) is 0 Å². The standard InChI is InChI=1S/C16H16ClFN6O/c1-2-12(19)9-24-22-15(21-23-24)10-3-5-13(6-4-10)25-16-14(18)7-11(17)8-20-16/h3-8,12H,2,9,19H2,1H3/t12-/m0/s1. The molecule has 0 aliphatic heterocycles. The lowest BCUT2D eigenvalue weighted by atomic mass is 10.2. The maximum Gasteiger partial charge on any atom is 0.255 e. The van der Waals surface area contributed by atoms with Crippen molar-refractivity contribution >= 4 is 11.6 Å². The summed E-state index contributed by atoms with van der Waals surface area (Å²) in [7, 11) is 0. The molecule has 0 aliphatic carbocycles. The zero-order chi connectivity index (χ0) is 17.8. The van der Waals surface area contributed by atoms with Crippen molar-refractivity contribution in [2.75, 3.05) is 0 Å². The topological polar surface area (TPSA) is 91.7 Å². The molecule has 0 unspecified atom stereocenters. The molecular formula is C16H16ClFN6O. The summed E-state index contributed by atoms with van der Waals surface area (Å²) in [6.45, 7) is 2.51. The molecule has 0 bridgehead atoms. The van der Waals surface area contributed by atoms with Gasteiger partial charge in [-0.1, -0.05) is 18.5 Å². The van der Waals surface area contributed by atoms with Gasteiger partial charge in [0.15, 0.2) is 5.82 Å². The minimum absolute atomic E-state index is 0.0143. The summed E-state index contributed by atoms with van der Waals surface area (Å²) in [4.78, 5) is 5.29. The average molecular weight is 363 g/mol. The first-order chi connectivity index (χ1) is 12.0. The minimum Gasteiger partial charge on any atom is -0.436 e. The second kappa shape index (κ2) is 7.54. The number of ether oxygens (including phenoxy) is 1. The van der Waals surface area contributed by atoms with Crippen LogP contribution < -0.4 is 10.5 Å². The molecule has 0 fully saturated rings. The van der Waals surface area contributed by atoms with Gasteiger partial charge in [0.25, 0.3) is 5.88 Å². The Morgan fingerprint density at radius 2 is 2.08 bits per heavy atom. The smallest absolute Gasteiger partial charge is 0.255 e. The molecule has 0 aliphatic rings. The van der Waals surface area contributed by atoms with Crippen molar-refractivity contribution in [2.24, 2.45) is 5.73 Å². The predicted octanol–water partition coefficient (Wildman–Crippen LogP) is 3.06. The number of rotatable bonds is 6. The van der Waals surface area contributed by atoms with Gasteiger partial charge in [0, 0.05) is 17.8 Å². The van der Waals surface area contributed by atoms with Crippen LogP contribution >= 0.6 is 11.6 Å². The summed E-state index contributed by atoms with van der Waals surface area (Å²) in [5.41, 5.74) is 6.64. The van der Waals surface area contributed by atoms with E-state index in [0.29, 0.717) is 18.1 Å². The van der Waals surface area contributed by atoms with Crippen LogP contribution in [0.2, 0.25) is 5.02 Å². The van der Waals surface area contributed by atoms with Crippen LogP contribution in [0.15, 0.2) is 36.5 Å². The molecule has 2 N–H and O–H groups in total. The van der Waals surface area contributed by atoms with E-state index in [4.69, 9.17) is 22.1 Å². The fraction of sp³-hybridized carbons (Fsp3) is 0.250. The Bertz CT molecular complexity index is 854. The van der Waals surface area contributed by atoms with Crippen LogP contribution in [0, 0.1) is 5.82 Å². The van der Waals surface area contributed by atoms with E-state index in [1.807, 2.05) is 6.92 Å². The van der Waals surface area contributed by atoms with E-state index < -0.39 is 5.82 Å². The number of benzene rings is 1. The zero-order valence-corrected chi connectivity index (χ0v) is 14.2. The van der Waals surface area contributed by atoms with E-state index in [2.05, 4.69) is 20.4 Å².